The molecule has 2 nitrogen and oxygen atoms in total. The fourth-order valence-electron chi connectivity index (χ4n) is 2.12. The zero-order chi connectivity index (χ0) is 13.7. The van der Waals surface area contributed by atoms with Gasteiger partial charge in [-0.25, -0.2) is 0 Å². The fraction of sp³-hybridized carbons (Fsp3) is 0.267. The molecule has 2 aromatic rings. The van der Waals surface area contributed by atoms with E-state index in [1.807, 2.05) is 24.3 Å². The van der Waals surface area contributed by atoms with Crippen LogP contribution in [0.3, 0.4) is 0 Å². The molecule has 19 heavy (non-hydrogen) atoms. The van der Waals surface area contributed by atoms with Crippen molar-refractivity contribution in [3.05, 3.63) is 63.9 Å². The highest BCUT2D eigenvalue weighted by molar-refractivity contribution is 6.31. The molecule has 0 spiro atoms. The summed E-state index contributed by atoms with van der Waals surface area (Å²) >= 11 is 12.1. The van der Waals surface area contributed by atoms with Gasteiger partial charge in [-0.15, -0.1) is 0 Å². The highest BCUT2D eigenvalue weighted by Crippen LogP contribution is 2.21. The molecule has 0 amide bonds. The van der Waals surface area contributed by atoms with Crippen molar-refractivity contribution >= 4 is 23.2 Å². The van der Waals surface area contributed by atoms with Gasteiger partial charge >= 0.3 is 0 Å². The quantitative estimate of drug-likeness (QED) is 0.912. The van der Waals surface area contributed by atoms with Crippen LogP contribution < -0.4 is 5.73 Å². The summed E-state index contributed by atoms with van der Waals surface area (Å²) < 4.78 is 0. The first-order valence-corrected chi connectivity index (χ1v) is 6.97. The molecule has 2 rings (SSSR count). The second-order valence-corrected chi connectivity index (χ2v) is 5.45. The van der Waals surface area contributed by atoms with Crippen molar-refractivity contribution in [1.82, 2.24) is 4.98 Å². The zero-order valence-corrected chi connectivity index (χ0v) is 12.0. The summed E-state index contributed by atoms with van der Waals surface area (Å²) in [5.74, 6) is 0.346. The lowest BCUT2D eigenvalue weighted by Crippen LogP contribution is -2.19. The van der Waals surface area contributed by atoms with Gasteiger partial charge < -0.3 is 5.73 Å². The minimum Gasteiger partial charge on any atom is -0.330 e. The fourth-order valence-corrected chi connectivity index (χ4v) is 2.53. The third kappa shape index (κ3) is 4.20. The summed E-state index contributed by atoms with van der Waals surface area (Å²) in [6, 6.07) is 9.84. The molecule has 1 heterocycles. The summed E-state index contributed by atoms with van der Waals surface area (Å²) in [4.78, 5) is 3.99. The molecular weight excluding hydrogens is 279 g/mol. The minimum atomic E-state index is 0.346. The number of aromatic nitrogens is 1. The van der Waals surface area contributed by atoms with Crippen molar-refractivity contribution in [2.75, 3.05) is 6.54 Å². The summed E-state index contributed by atoms with van der Waals surface area (Å²) in [7, 11) is 0. The first-order chi connectivity index (χ1) is 9.19. The molecule has 1 aromatic heterocycles. The highest BCUT2D eigenvalue weighted by Gasteiger charge is 2.11. The average molecular weight is 295 g/mol. The lowest BCUT2D eigenvalue weighted by Gasteiger charge is -2.15. The lowest BCUT2D eigenvalue weighted by atomic mass is 9.93. The molecule has 1 aromatic carbocycles. The standard InChI is InChI=1S/C15H16Cl2N2/c16-14-3-1-2-11(8-14)6-12(9-18)7-13-4-5-19-10-15(13)17/h1-5,8,10,12H,6-7,9,18H2. The Morgan fingerprint density at radius 2 is 2.00 bits per heavy atom. The number of hydrogen-bond acceptors (Lipinski definition) is 2. The van der Waals surface area contributed by atoms with E-state index in [0.29, 0.717) is 17.5 Å². The molecule has 0 radical (unpaired) electrons. The van der Waals surface area contributed by atoms with Crippen molar-refractivity contribution in [2.45, 2.75) is 12.8 Å². The molecule has 100 valence electrons. The van der Waals surface area contributed by atoms with E-state index in [9.17, 15) is 0 Å². The van der Waals surface area contributed by atoms with Crippen LogP contribution in [0, 0.1) is 5.92 Å². The predicted molar refractivity (Wildman–Crippen MR) is 80.7 cm³/mol. The topological polar surface area (TPSA) is 38.9 Å². The average Bonchev–Trinajstić information content (AvgIpc) is 2.40. The summed E-state index contributed by atoms with van der Waals surface area (Å²) in [5, 5.41) is 1.46. The Bertz CT molecular complexity index is 543. The van der Waals surface area contributed by atoms with Crippen LogP contribution in [0.5, 0.6) is 0 Å². The number of pyridine rings is 1. The van der Waals surface area contributed by atoms with E-state index in [4.69, 9.17) is 28.9 Å². The van der Waals surface area contributed by atoms with Crippen LogP contribution in [-0.2, 0) is 12.8 Å². The Kier molecular flexibility index (Phi) is 5.20. The molecule has 0 aliphatic rings. The van der Waals surface area contributed by atoms with Gasteiger partial charge in [0, 0.05) is 17.4 Å². The summed E-state index contributed by atoms with van der Waals surface area (Å²) in [5.41, 5.74) is 8.16. The molecule has 0 aliphatic carbocycles. The maximum absolute atomic E-state index is 6.13. The highest BCUT2D eigenvalue weighted by atomic mass is 35.5. The molecule has 0 saturated carbocycles. The Labute approximate surface area is 123 Å². The van der Waals surface area contributed by atoms with Gasteiger partial charge in [0.2, 0.25) is 0 Å². The van der Waals surface area contributed by atoms with E-state index in [-0.39, 0.29) is 0 Å². The van der Waals surface area contributed by atoms with Gasteiger partial charge in [-0.2, -0.15) is 0 Å². The SMILES string of the molecule is NCC(Cc1cccc(Cl)c1)Cc1ccncc1Cl. The molecule has 4 heteroatoms. The van der Waals surface area contributed by atoms with Crippen molar-refractivity contribution < 1.29 is 0 Å². The Balaban J connectivity index is 2.07. The molecule has 0 fully saturated rings. The molecule has 1 atom stereocenters. The van der Waals surface area contributed by atoms with Crippen molar-refractivity contribution in [3.63, 3.8) is 0 Å². The number of rotatable bonds is 5. The van der Waals surface area contributed by atoms with Crippen LogP contribution in [0.25, 0.3) is 0 Å². The molecule has 0 bridgehead atoms. The van der Waals surface area contributed by atoms with Crippen LogP contribution in [-0.4, -0.2) is 11.5 Å². The minimum absolute atomic E-state index is 0.346. The number of nitrogens with two attached hydrogens (primary N) is 1. The van der Waals surface area contributed by atoms with Crippen LogP contribution in [0.15, 0.2) is 42.7 Å². The van der Waals surface area contributed by atoms with Gasteiger partial charge in [0.25, 0.3) is 0 Å². The molecule has 1 unspecified atom stereocenters. The van der Waals surface area contributed by atoms with Crippen molar-refractivity contribution in [3.8, 4) is 0 Å². The second-order valence-electron chi connectivity index (χ2n) is 4.61. The predicted octanol–water partition coefficient (Wildman–Crippen LogP) is 3.75. The summed E-state index contributed by atoms with van der Waals surface area (Å²) in [6.07, 6.45) is 5.18. The smallest absolute Gasteiger partial charge is 0.0621 e. The largest absolute Gasteiger partial charge is 0.330 e. The van der Waals surface area contributed by atoms with Gasteiger partial charge in [-0.1, -0.05) is 35.3 Å². The van der Waals surface area contributed by atoms with Crippen LogP contribution in [0.2, 0.25) is 10.0 Å². The Morgan fingerprint density at radius 1 is 1.16 bits per heavy atom. The van der Waals surface area contributed by atoms with Gasteiger partial charge in [-0.05, 0) is 54.6 Å². The summed E-state index contributed by atoms with van der Waals surface area (Å²) in [6.45, 7) is 0.616. The van der Waals surface area contributed by atoms with Gasteiger partial charge in [-0.3, -0.25) is 4.98 Å². The Hall–Kier alpha value is -1.09. The molecule has 0 aliphatic heterocycles. The molecule has 0 saturated heterocycles. The van der Waals surface area contributed by atoms with E-state index in [1.54, 1.807) is 12.4 Å². The van der Waals surface area contributed by atoms with Gasteiger partial charge in [0.05, 0.1) is 5.02 Å². The zero-order valence-electron chi connectivity index (χ0n) is 10.5. The number of halogens is 2. The molecule has 2 N–H and O–H groups in total. The normalized spacial score (nSPS) is 12.4. The van der Waals surface area contributed by atoms with E-state index in [0.717, 1.165) is 23.4 Å². The number of hydrogen-bond donors (Lipinski definition) is 1. The van der Waals surface area contributed by atoms with E-state index in [1.165, 1.54) is 5.56 Å². The Morgan fingerprint density at radius 3 is 2.68 bits per heavy atom. The van der Waals surface area contributed by atoms with Crippen LogP contribution >= 0.6 is 23.2 Å². The second kappa shape index (κ2) is 6.90. The lowest BCUT2D eigenvalue weighted by molar-refractivity contribution is 0.533. The third-order valence-corrected chi connectivity index (χ3v) is 3.69. The van der Waals surface area contributed by atoms with E-state index < -0.39 is 0 Å². The van der Waals surface area contributed by atoms with Crippen molar-refractivity contribution in [1.29, 1.82) is 0 Å². The maximum Gasteiger partial charge on any atom is 0.0621 e. The van der Waals surface area contributed by atoms with Crippen LogP contribution in [0.1, 0.15) is 11.1 Å². The van der Waals surface area contributed by atoms with E-state index in [2.05, 4.69) is 11.1 Å². The van der Waals surface area contributed by atoms with Gasteiger partial charge in [0.15, 0.2) is 0 Å². The van der Waals surface area contributed by atoms with Crippen molar-refractivity contribution in [2.24, 2.45) is 11.7 Å². The number of benzene rings is 1. The monoisotopic (exact) mass is 294 g/mol. The molecular formula is C15H16Cl2N2. The first kappa shape index (κ1) is 14.3. The maximum atomic E-state index is 6.13. The van der Waals surface area contributed by atoms with Crippen LogP contribution in [0.4, 0.5) is 0 Å². The number of nitrogens with zero attached hydrogens (tertiary/aromatic N) is 1. The van der Waals surface area contributed by atoms with E-state index >= 15 is 0 Å². The van der Waals surface area contributed by atoms with Gasteiger partial charge in [0.1, 0.15) is 0 Å². The third-order valence-electron chi connectivity index (χ3n) is 3.11. The first-order valence-electron chi connectivity index (χ1n) is 6.22.